The molecule has 1 aliphatic rings. The standard InChI is InChI=1S/C8H13BrN2O2/c1-5(2)3-8(4-9)6(12)10-7(13)11-8/h5H,3-4H2,1-2H3,(H2,10,11,12,13). The molecule has 1 rings (SSSR count). The molecule has 4 nitrogen and oxygen atoms in total. The van der Waals surface area contributed by atoms with Gasteiger partial charge in [-0.05, 0) is 12.3 Å². The summed E-state index contributed by atoms with van der Waals surface area (Å²) in [6, 6.07) is -0.398. The first-order valence-corrected chi connectivity index (χ1v) is 5.32. The van der Waals surface area contributed by atoms with Gasteiger partial charge in [0.05, 0.1) is 0 Å². The van der Waals surface area contributed by atoms with Gasteiger partial charge in [0.2, 0.25) is 0 Å². The molecule has 5 heteroatoms. The lowest BCUT2D eigenvalue weighted by molar-refractivity contribution is -0.123. The summed E-state index contributed by atoms with van der Waals surface area (Å²) in [6.45, 7) is 4.03. The second-order valence-electron chi connectivity index (χ2n) is 3.72. The zero-order valence-electron chi connectivity index (χ0n) is 7.69. The third kappa shape index (κ3) is 2.02. The van der Waals surface area contributed by atoms with Crippen LogP contribution in [0.1, 0.15) is 20.3 Å². The van der Waals surface area contributed by atoms with Gasteiger partial charge in [0.25, 0.3) is 5.91 Å². The van der Waals surface area contributed by atoms with Gasteiger partial charge in [-0.1, -0.05) is 29.8 Å². The minimum absolute atomic E-state index is 0.233. The predicted octanol–water partition coefficient (Wildman–Crippen LogP) is 1.01. The van der Waals surface area contributed by atoms with E-state index in [2.05, 4.69) is 26.6 Å². The molecule has 3 amide bonds. The summed E-state index contributed by atoms with van der Waals surface area (Å²) in [4.78, 5) is 22.4. The second kappa shape index (κ2) is 3.65. The van der Waals surface area contributed by atoms with E-state index in [0.29, 0.717) is 17.7 Å². The number of alkyl halides is 1. The number of hydrogen-bond donors (Lipinski definition) is 2. The lowest BCUT2D eigenvalue weighted by Gasteiger charge is -2.25. The van der Waals surface area contributed by atoms with Crippen LogP contribution in [0.3, 0.4) is 0 Å². The molecule has 2 N–H and O–H groups in total. The fourth-order valence-electron chi connectivity index (χ4n) is 1.52. The van der Waals surface area contributed by atoms with Crippen molar-refractivity contribution < 1.29 is 9.59 Å². The van der Waals surface area contributed by atoms with Crippen molar-refractivity contribution in [2.45, 2.75) is 25.8 Å². The maximum atomic E-state index is 11.4. The fraction of sp³-hybridized carbons (Fsp3) is 0.750. The highest BCUT2D eigenvalue weighted by Crippen LogP contribution is 2.22. The molecule has 0 spiro atoms. The lowest BCUT2D eigenvalue weighted by atomic mass is 9.91. The van der Waals surface area contributed by atoms with Crippen LogP contribution < -0.4 is 10.6 Å². The molecule has 0 aliphatic carbocycles. The van der Waals surface area contributed by atoms with Crippen LogP contribution in [0.25, 0.3) is 0 Å². The van der Waals surface area contributed by atoms with Crippen LogP contribution in [0.2, 0.25) is 0 Å². The molecule has 1 heterocycles. The summed E-state index contributed by atoms with van der Waals surface area (Å²) in [5, 5.41) is 5.35. The zero-order chi connectivity index (χ0) is 10.1. The number of hydrogen-bond acceptors (Lipinski definition) is 2. The number of carbonyl (C=O) groups is 2. The first-order chi connectivity index (χ1) is 6.00. The average molecular weight is 249 g/mol. The fourth-order valence-corrected chi connectivity index (χ4v) is 2.14. The topological polar surface area (TPSA) is 58.2 Å². The Labute approximate surface area is 85.6 Å². The molecule has 74 valence electrons. The number of carbonyl (C=O) groups excluding carboxylic acids is 2. The number of amides is 3. The third-order valence-electron chi connectivity index (χ3n) is 2.00. The molecule has 1 aliphatic heterocycles. The Bertz CT molecular complexity index is 242. The van der Waals surface area contributed by atoms with Crippen LogP contribution >= 0.6 is 15.9 Å². The van der Waals surface area contributed by atoms with Gasteiger partial charge < -0.3 is 5.32 Å². The first kappa shape index (κ1) is 10.5. The minimum atomic E-state index is -0.745. The minimum Gasteiger partial charge on any atom is -0.322 e. The monoisotopic (exact) mass is 248 g/mol. The van der Waals surface area contributed by atoms with Crippen LogP contribution in [0, 0.1) is 5.92 Å². The highest BCUT2D eigenvalue weighted by Gasteiger charge is 2.45. The van der Waals surface area contributed by atoms with Crippen molar-refractivity contribution >= 4 is 27.9 Å². The molecule has 0 aromatic heterocycles. The van der Waals surface area contributed by atoms with Crippen LogP contribution in [-0.2, 0) is 4.79 Å². The van der Waals surface area contributed by atoms with E-state index in [1.807, 2.05) is 13.8 Å². The van der Waals surface area contributed by atoms with Crippen molar-refractivity contribution in [3.63, 3.8) is 0 Å². The number of rotatable bonds is 3. The molecule has 13 heavy (non-hydrogen) atoms. The van der Waals surface area contributed by atoms with Gasteiger partial charge >= 0.3 is 6.03 Å². The van der Waals surface area contributed by atoms with E-state index >= 15 is 0 Å². The molecule has 1 fully saturated rings. The second-order valence-corrected chi connectivity index (χ2v) is 4.28. The Morgan fingerprint density at radius 3 is 2.38 bits per heavy atom. The normalized spacial score (nSPS) is 27.7. The maximum Gasteiger partial charge on any atom is 0.322 e. The Morgan fingerprint density at radius 2 is 2.08 bits per heavy atom. The quantitative estimate of drug-likeness (QED) is 0.579. The van der Waals surface area contributed by atoms with Crippen LogP contribution in [0.4, 0.5) is 4.79 Å². The van der Waals surface area contributed by atoms with Crippen molar-refractivity contribution in [2.24, 2.45) is 5.92 Å². The van der Waals surface area contributed by atoms with Crippen molar-refractivity contribution in [3.05, 3.63) is 0 Å². The van der Waals surface area contributed by atoms with E-state index in [-0.39, 0.29) is 5.91 Å². The van der Waals surface area contributed by atoms with Crippen molar-refractivity contribution in [1.82, 2.24) is 10.6 Å². The van der Waals surface area contributed by atoms with Gasteiger partial charge in [-0.3, -0.25) is 10.1 Å². The molecule has 1 saturated heterocycles. The molecule has 0 aromatic carbocycles. The van der Waals surface area contributed by atoms with Gasteiger partial charge in [0.15, 0.2) is 0 Å². The summed E-state index contributed by atoms with van der Waals surface area (Å²) < 4.78 is 0. The van der Waals surface area contributed by atoms with Gasteiger partial charge in [-0.2, -0.15) is 0 Å². The molecule has 1 atom stereocenters. The predicted molar refractivity (Wildman–Crippen MR) is 52.7 cm³/mol. The van der Waals surface area contributed by atoms with Gasteiger partial charge in [0.1, 0.15) is 5.54 Å². The smallest absolute Gasteiger partial charge is 0.322 e. The first-order valence-electron chi connectivity index (χ1n) is 4.20. The highest BCUT2D eigenvalue weighted by atomic mass is 79.9. The van der Waals surface area contributed by atoms with Crippen molar-refractivity contribution in [2.75, 3.05) is 5.33 Å². The van der Waals surface area contributed by atoms with Gasteiger partial charge in [-0.25, -0.2) is 4.79 Å². The Morgan fingerprint density at radius 1 is 1.46 bits per heavy atom. The van der Waals surface area contributed by atoms with Crippen LogP contribution in [0.5, 0.6) is 0 Å². The molecular formula is C8H13BrN2O2. The Hall–Kier alpha value is -0.580. The summed E-state index contributed by atoms with van der Waals surface area (Å²) in [5.41, 5.74) is -0.745. The maximum absolute atomic E-state index is 11.4. The lowest BCUT2D eigenvalue weighted by Crippen LogP contribution is -2.49. The summed E-state index contributed by atoms with van der Waals surface area (Å²) >= 11 is 3.25. The van der Waals surface area contributed by atoms with Crippen molar-refractivity contribution in [1.29, 1.82) is 0 Å². The largest absolute Gasteiger partial charge is 0.322 e. The molecule has 1 unspecified atom stereocenters. The van der Waals surface area contributed by atoms with E-state index in [1.54, 1.807) is 0 Å². The van der Waals surface area contributed by atoms with Gasteiger partial charge in [0, 0.05) is 5.33 Å². The molecule has 0 bridgehead atoms. The third-order valence-corrected chi connectivity index (χ3v) is 2.96. The van der Waals surface area contributed by atoms with E-state index in [1.165, 1.54) is 0 Å². The molecule has 0 saturated carbocycles. The van der Waals surface area contributed by atoms with Gasteiger partial charge in [-0.15, -0.1) is 0 Å². The number of urea groups is 1. The molecule has 0 aromatic rings. The Balaban J connectivity index is 2.80. The summed E-state index contributed by atoms with van der Waals surface area (Å²) in [6.07, 6.45) is 0.649. The summed E-state index contributed by atoms with van der Waals surface area (Å²) in [5.74, 6) is 0.129. The average Bonchev–Trinajstić information content (AvgIpc) is 2.26. The number of halogens is 1. The van der Waals surface area contributed by atoms with E-state index in [9.17, 15) is 9.59 Å². The zero-order valence-corrected chi connectivity index (χ0v) is 9.27. The van der Waals surface area contributed by atoms with E-state index in [0.717, 1.165) is 0 Å². The molecule has 0 radical (unpaired) electrons. The van der Waals surface area contributed by atoms with Crippen LogP contribution in [-0.4, -0.2) is 22.8 Å². The SMILES string of the molecule is CC(C)CC1(CBr)NC(=O)NC1=O. The number of imide groups is 1. The van der Waals surface area contributed by atoms with Crippen molar-refractivity contribution in [3.8, 4) is 0 Å². The van der Waals surface area contributed by atoms with Crippen LogP contribution in [0.15, 0.2) is 0 Å². The highest BCUT2D eigenvalue weighted by molar-refractivity contribution is 9.09. The van der Waals surface area contributed by atoms with E-state index < -0.39 is 11.6 Å². The number of nitrogens with one attached hydrogen (secondary N) is 2. The van der Waals surface area contributed by atoms with E-state index in [4.69, 9.17) is 0 Å². The summed E-state index contributed by atoms with van der Waals surface area (Å²) in [7, 11) is 0. The Kier molecular flexibility index (Phi) is 2.95. The molecular weight excluding hydrogens is 236 g/mol.